The first-order valence-electron chi connectivity index (χ1n) is 4.41. The van der Waals surface area contributed by atoms with E-state index in [1.165, 1.54) is 12.1 Å². The Hall–Kier alpha value is -1.30. The number of rotatable bonds is 6. The van der Waals surface area contributed by atoms with E-state index in [1.54, 1.807) is 6.07 Å². The number of ether oxygens (including phenoxy) is 1. The van der Waals surface area contributed by atoms with E-state index in [0.29, 0.717) is 12.4 Å². The summed E-state index contributed by atoms with van der Waals surface area (Å²) in [5, 5.41) is 2.74. The minimum Gasteiger partial charge on any atom is -0.374 e. The molecule has 0 saturated carbocycles. The van der Waals surface area contributed by atoms with Crippen molar-refractivity contribution in [3.8, 4) is 0 Å². The van der Waals surface area contributed by atoms with Gasteiger partial charge < -0.3 is 10.1 Å². The van der Waals surface area contributed by atoms with Crippen molar-refractivity contribution in [1.29, 1.82) is 0 Å². The highest BCUT2D eigenvalue weighted by atomic mass is 19.3. The molecule has 0 aliphatic heterocycles. The number of pyridine rings is 1. The van der Waals surface area contributed by atoms with Crippen LogP contribution in [0.2, 0.25) is 0 Å². The molecule has 6 heteroatoms. The first kappa shape index (κ1) is 11.8. The van der Waals surface area contributed by atoms with Gasteiger partial charge in [0.05, 0.1) is 6.61 Å². The van der Waals surface area contributed by atoms with Crippen molar-refractivity contribution < 1.29 is 17.9 Å². The lowest BCUT2D eigenvalue weighted by molar-refractivity contribution is 0.0215. The second kappa shape index (κ2) is 6.23. The molecule has 0 saturated heterocycles. The number of hydrogen-bond acceptors (Lipinski definition) is 3. The fourth-order valence-corrected chi connectivity index (χ4v) is 0.930. The first-order chi connectivity index (χ1) is 7.18. The van der Waals surface area contributed by atoms with Crippen LogP contribution in [0.25, 0.3) is 0 Å². The fourth-order valence-electron chi connectivity index (χ4n) is 0.930. The maximum Gasteiger partial charge on any atom is 0.261 e. The Bertz CT molecular complexity index is 296. The molecular formula is C9H11F3N2O. The van der Waals surface area contributed by atoms with Gasteiger partial charge in [0.15, 0.2) is 0 Å². The van der Waals surface area contributed by atoms with Crippen molar-refractivity contribution in [2.75, 3.05) is 25.1 Å². The van der Waals surface area contributed by atoms with E-state index >= 15 is 0 Å². The SMILES string of the molecule is Fc1cccc(NCCOCC(F)F)n1. The zero-order chi connectivity index (χ0) is 11.1. The van der Waals surface area contributed by atoms with Gasteiger partial charge in [0.25, 0.3) is 6.43 Å². The van der Waals surface area contributed by atoms with E-state index in [0.717, 1.165) is 0 Å². The van der Waals surface area contributed by atoms with Crippen molar-refractivity contribution in [2.24, 2.45) is 0 Å². The van der Waals surface area contributed by atoms with E-state index in [4.69, 9.17) is 0 Å². The third-order valence-corrected chi connectivity index (χ3v) is 1.51. The standard InChI is InChI=1S/C9H11F3N2O/c10-7(11)6-15-5-4-13-9-3-1-2-8(12)14-9/h1-3,7H,4-6H2,(H,13,14). The lowest BCUT2D eigenvalue weighted by Gasteiger charge is -2.05. The van der Waals surface area contributed by atoms with Crippen LogP contribution in [0.3, 0.4) is 0 Å². The number of aromatic nitrogens is 1. The minimum absolute atomic E-state index is 0.128. The Balaban J connectivity index is 2.15. The van der Waals surface area contributed by atoms with Crippen LogP contribution in [0.15, 0.2) is 18.2 Å². The van der Waals surface area contributed by atoms with Crippen LogP contribution in [-0.2, 0) is 4.74 Å². The van der Waals surface area contributed by atoms with E-state index < -0.39 is 19.0 Å². The van der Waals surface area contributed by atoms with Crippen LogP contribution in [0.4, 0.5) is 19.0 Å². The summed E-state index contributed by atoms with van der Waals surface area (Å²) in [5.41, 5.74) is 0. The topological polar surface area (TPSA) is 34.1 Å². The second-order valence-electron chi connectivity index (χ2n) is 2.74. The molecule has 1 aromatic rings. The van der Waals surface area contributed by atoms with E-state index in [9.17, 15) is 13.2 Å². The van der Waals surface area contributed by atoms with Crippen molar-refractivity contribution >= 4 is 5.82 Å². The first-order valence-corrected chi connectivity index (χ1v) is 4.41. The molecular weight excluding hydrogens is 209 g/mol. The van der Waals surface area contributed by atoms with Crippen LogP contribution in [0, 0.1) is 5.95 Å². The number of nitrogens with zero attached hydrogens (tertiary/aromatic N) is 1. The molecule has 0 aliphatic carbocycles. The average Bonchev–Trinajstić information content (AvgIpc) is 2.17. The number of halogens is 3. The molecule has 1 heterocycles. The maximum atomic E-state index is 12.6. The summed E-state index contributed by atoms with van der Waals surface area (Å²) in [6.07, 6.45) is -2.46. The van der Waals surface area contributed by atoms with Gasteiger partial charge in [0, 0.05) is 6.54 Å². The molecule has 1 aromatic heterocycles. The Labute approximate surface area is 85.3 Å². The second-order valence-corrected chi connectivity index (χ2v) is 2.74. The predicted octanol–water partition coefficient (Wildman–Crippen LogP) is 1.91. The fraction of sp³-hybridized carbons (Fsp3) is 0.444. The summed E-state index contributed by atoms with van der Waals surface area (Å²) in [5.74, 6) is -0.232. The van der Waals surface area contributed by atoms with Crippen molar-refractivity contribution in [3.05, 3.63) is 24.1 Å². The lowest BCUT2D eigenvalue weighted by atomic mass is 10.4. The van der Waals surface area contributed by atoms with Gasteiger partial charge in [-0.25, -0.2) is 13.8 Å². The van der Waals surface area contributed by atoms with Gasteiger partial charge in [0.2, 0.25) is 5.95 Å². The number of nitrogens with one attached hydrogen (secondary N) is 1. The molecule has 3 nitrogen and oxygen atoms in total. The largest absolute Gasteiger partial charge is 0.374 e. The summed E-state index contributed by atoms with van der Waals surface area (Å²) in [6, 6.07) is 4.30. The maximum absolute atomic E-state index is 12.6. The van der Waals surface area contributed by atoms with Gasteiger partial charge in [-0.3, -0.25) is 0 Å². The molecule has 0 amide bonds. The molecule has 0 atom stereocenters. The number of alkyl halides is 2. The van der Waals surface area contributed by atoms with Gasteiger partial charge in [0.1, 0.15) is 12.4 Å². The van der Waals surface area contributed by atoms with Gasteiger partial charge in [-0.05, 0) is 12.1 Å². The molecule has 0 bridgehead atoms. The van der Waals surface area contributed by atoms with Gasteiger partial charge in [-0.1, -0.05) is 6.07 Å². The highest BCUT2D eigenvalue weighted by Gasteiger charge is 2.01. The van der Waals surface area contributed by atoms with Crippen molar-refractivity contribution in [2.45, 2.75) is 6.43 Å². The summed E-state index contributed by atoms with van der Waals surface area (Å²) < 4.78 is 40.4. The average molecular weight is 220 g/mol. The molecule has 0 aliphatic rings. The number of hydrogen-bond donors (Lipinski definition) is 1. The molecule has 84 valence electrons. The highest BCUT2D eigenvalue weighted by Crippen LogP contribution is 2.02. The monoisotopic (exact) mass is 220 g/mol. The molecule has 0 spiro atoms. The summed E-state index contributed by atoms with van der Waals surface area (Å²) in [7, 11) is 0. The Kier molecular flexibility index (Phi) is 4.89. The van der Waals surface area contributed by atoms with E-state index in [1.807, 2.05) is 0 Å². The van der Waals surface area contributed by atoms with Gasteiger partial charge in [-0.15, -0.1) is 0 Å². The zero-order valence-corrected chi connectivity index (χ0v) is 7.92. The van der Waals surface area contributed by atoms with Crippen LogP contribution >= 0.6 is 0 Å². The molecule has 15 heavy (non-hydrogen) atoms. The quantitative estimate of drug-likeness (QED) is 0.587. The zero-order valence-electron chi connectivity index (χ0n) is 7.92. The third kappa shape index (κ3) is 5.21. The van der Waals surface area contributed by atoms with E-state index in [2.05, 4.69) is 15.0 Å². The molecule has 1 rings (SSSR count). The Morgan fingerprint density at radius 3 is 2.87 bits per heavy atom. The highest BCUT2D eigenvalue weighted by molar-refractivity contribution is 5.33. The number of anilines is 1. The Morgan fingerprint density at radius 1 is 1.40 bits per heavy atom. The van der Waals surface area contributed by atoms with Crippen LogP contribution < -0.4 is 5.32 Å². The minimum atomic E-state index is -2.46. The Morgan fingerprint density at radius 2 is 2.20 bits per heavy atom. The predicted molar refractivity (Wildman–Crippen MR) is 49.5 cm³/mol. The van der Waals surface area contributed by atoms with E-state index in [-0.39, 0.29) is 6.61 Å². The van der Waals surface area contributed by atoms with Gasteiger partial charge in [-0.2, -0.15) is 4.39 Å². The smallest absolute Gasteiger partial charge is 0.261 e. The summed E-state index contributed by atoms with van der Waals surface area (Å²) in [4.78, 5) is 3.52. The van der Waals surface area contributed by atoms with Gasteiger partial charge >= 0.3 is 0 Å². The third-order valence-electron chi connectivity index (χ3n) is 1.51. The molecule has 0 aromatic carbocycles. The molecule has 0 fully saturated rings. The molecule has 1 N–H and O–H groups in total. The molecule has 0 radical (unpaired) electrons. The summed E-state index contributed by atoms with van der Waals surface area (Å²) in [6.45, 7) is -0.149. The normalized spacial score (nSPS) is 10.7. The van der Waals surface area contributed by atoms with Crippen molar-refractivity contribution in [3.63, 3.8) is 0 Å². The summed E-state index contributed by atoms with van der Waals surface area (Å²) >= 11 is 0. The van der Waals surface area contributed by atoms with Crippen LogP contribution in [0.1, 0.15) is 0 Å². The van der Waals surface area contributed by atoms with Crippen molar-refractivity contribution in [1.82, 2.24) is 4.98 Å². The van der Waals surface area contributed by atoms with Crippen LogP contribution in [-0.4, -0.2) is 31.2 Å². The lowest BCUT2D eigenvalue weighted by Crippen LogP contribution is -2.13. The molecule has 0 unspecified atom stereocenters. The van der Waals surface area contributed by atoms with Crippen LogP contribution in [0.5, 0.6) is 0 Å².